The number of carbonyl (C=O) groups excluding carboxylic acids is 1. The molecule has 1 atom stereocenters. The average Bonchev–Trinajstić information content (AvgIpc) is 2.76. The van der Waals surface area contributed by atoms with E-state index in [4.69, 9.17) is 14.2 Å². The number of hydrogen-bond donors (Lipinski definition) is 1. The highest BCUT2D eigenvalue weighted by atomic mass is 127. The zero-order valence-electron chi connectivity index (χ0n) is 18.9. The maximum Gasteiger partial charge on any atom is 0.305 e. The SMILES string of the molecule is CCOC(=O)CCCCCCNC(=NC)N1CCC(OCC2CCCCO2)CC1.I. The van der Waals surface area contributed by atoms with E-state index in [1.54, 1.807) is 0 Å². The first kappa shape index (κ1) is 27.4. The number of guanidine groups is 1. The van der Waals surface area contributed by atoms with Gasteiger partial charge in [-0.2, -0.15) is 0 Å². The Kier molecular flexibility index (Phi) is 15.5. The molecule has 1 unspecified atom stereocenters. The van der Waals surface area contributed by atoms with Crippen LogP contribution in [0.2, 0.25) is 0 Å². The molecule has 0 aromatic carbocycles. The third-order valence-corrected chi connectivity index (χ3v) is 5.64. The first-order valence-electron chi connectivity index (χ1n) is 11.6. The average molecular weight is 539 g/mol. The summed E-state index contributed by atoms with van der Waals surface area (Å²) < 4.78 is 16.8. The number of likely N-dealkylation sites (tertiary alicyclic amines) is 1. The fraction of sp³-hybridized carbons (Fsp3) is 0.909. The molecule has 2 saturated heterocycles. The Labute approximate surface area is 199 Å². The summed E-state index contributed by atoms with van der Waals surface area (Å²) >= 11 is 0. The van der Waals surface area contributed by atoms with Crippen molar-refractivity contribution in [3.63, 3.8) is 0 Å². The number of nitrogens with zero attached hydrogens (tertiary/aromatic N) is 2. The molecule has 0 spiro atoms. The van der Waals surface area contributed by atoms with E-state index in [0.29, 0.717) is 25.2 Å². The maximum atomic E-state index is 11.3. The Morgan fingerprint density at radius 1 is 1.13 bits per heavy atom. The van der Waals surface area contributed by atoms with Gasteiger partial charge in [-0.3, -0.25) is 9.79 Å². The highest BCUT2D eigenvalue weighted by Gasteiger charge is 2.23. The Balaban J connectivity index is 0.00000450. The zero-order chi connectivity index (χ0) is 20.7. The molecule has 2 aliphatic rings. The van der Waals surface area contributed by atoms with Crippen LogP contribution in [0.4, 0.5) is 0 Å². The van der Waals surface area contributed by atoms with Crippen LogP contribution in [0.25, 0.3) is 0 Å². The molecule has 176 valence electrons. The van der Waals surface area contributed by atoms with Crippen molar-refractivity contribution in [2.24, 2.45) is 4.99 Å². The lowest BCUT2D eigenvalue weighted by Gasteiger charge is -2.35. The number of carbonyl (C=O) groups is 1. The first-order valence-corrected chi connectivity index (χ1v) is 11.6. The molecular formula is C22H42IN3O4. The number of unbranched alkanes of at least 4 members (excludes halogenated alkanes) is 3. The van der Waals surface area contributed by atoms with E-state index in [-0.39, 0.29) is 29.9 Å². The van der Waals surface area contributed by atoms with Crippen LogP contribution >= 0.6 is 24.0 Å². The lowest BCUT2D eigenvalue weighted by atomic mass is 10.1. The van der Waals surface area contributed by atoms with Gasteiger partial charge in [0.05, 0.1) is 25.4 Å². The minimum absolute atomic E-state index is 0. The second-order valence-electron chi connectivity index (χ2n) is 7.95. The standard InChI is InChI=1S/C22H41N3O4.HI/c1-3-27-21(26)11-6-4-5-8-14-24-22(23-2)25-15-12-19(13-16-25)29-18-20-10-7-9-17-28-20;/h19-20H,3-18H2,1-2H3,(H,23,24);1H. The molecule has 0 aliphatic carbocycles. The van der Waals surface area contributed by atoms with E-state index in [9.17, 15) is 4.79 Å². The molecule has 0 radical (unpaired) electrons. The summed E-state index contributed by atoms with van der Waals surface area (Å²) in [6, 6.07) is 0. The normalized spacial score (nSPS) is 20.5. The number of esters is 1. The predicted octanol–water partition coefficient (Wildman–Crippen LogP) is 3.74. The molecule has 1 N–H and O–H groups in total. The van der Waals surface area contributed by atoms with Crippen molar-refractivity contribution in [1.29, 1.82) is 0 Å². The Morgan fingerprint density at radius 2 is 1.90 bits per heavy atom. The molecule has 2 rings (SSSR count). The van der Waals surface area contributed by atoms with Crippen molar-refractivity contribution in [3.8, 4) is 0 Å². The highest BCUT2D eigenvalue weighted by Crippen LogP contribution is 2.18. The van der Waals surface area contributed by atoms with Crippen molar-refractivity contribution in [2.75, 3.05) is 46.5 Å². The highest BCUT2D eigenvalue weighted by molar-refractivity contribution is 14.0. The molecule has 7 nitrogen and oxygen atoms in total. The summed E-state index contributed by atoms with van der Waals surface area (Å²) in [7, 11) is 1.85. The number of nitrogens with one attached hydrogen (secondary N) is 1. The molecule has 2 aliphatic heterocycles. The molecule has 0 aromatic rings. The molecule has 30 heavy (non-hydrogen) atoms. The van der Waals surface area contributed by atoms with E-state index in [2.05, 4.69) is 15.2 Å². The summed E-state index contributed by atoms with van der Waals surface area (Å²) in [4.78, 5) is 18.1. The van der Waals surface area contributed by atoms with Crippen LogP contribution < -0.4 is 5.32 Å². The van der Waals surface area contributed by atoms with Crippen LogP contribution in [0.15, 0.2) is 4.99 Å². The molecule has 0 saturated carbocycles. The molecule has 0 aromatic heterocycles. The Morgan fingerprint density at radius 3 is 2.57 bits per heavy atom. The van der Waals surface area contributed by atoms with Crippen molar-refractivity contribution >= 4 is 35.9 Å². The predicted molar refractivity (Wildman–Crippen MR) is 131 cm³/mol. The summed E-state index contributed by atoms with van der Waals surface area (Å²) in [5.74, 6) is 0.912. The largest absolute Gasteiger partial charge is 0.466 e. The second-order valence-corrected chi connectivity index (χ2v) is 7.95. The fourth-order valence-corrected chi connectivity index (χ4v) is 3.93. The lowest BCUT2D eigenvalue weighted by Crippen LogP contribution is -2.47. The zero-order valence-corrected chi connectivity index (χ0v) is 21.2. The van der Waals surface area contributed by atoms with Gasteiger partial charge in [0.25, 0.3) is 0 Å². The summed E-state index contributed by atoms with van der Waals surface area (Å²) in [6.45, 7) is 6.83. The Bertz CT molecular complexity index is 479. The minimum atomic E-state index is -0.0790. The molecular weight excluding hydrogens is 497 g/mol. The van der Waals surface area contributed by atoms with Crippen LogP contribution in [0, 0.1) is 0 Å². The van der Waals surface area contributed by atoms with Gasteiger partial charge < -0.3 is 24.4 Å². The van der Waals surface area contributed by atoms with Crippen LogP contribution in [-0.2, 0) is 19.0 Å². The van der Waals surface area contributed by atoms with Crippen molar-refractivity contribution in [1.82, 2.24) is 10.2 Å². The summed E-state index contributed by atoms with van der Waals surface area (Å²) in [5, 5.41) is 3.48. The van der Waals surface area contributed by atoms with Gasteiger partial charge in [-0.15, -0.1) is 24.0 Å². The third kappa shape index (κ3) is 11.1. The van der Waals surface area contributed by atoms with E-state index in [1.807, 2.05) is 14.0 Å². The first-order chi connectivity index (χ1) is 14.2. The van der Waals surface area contributed by atoms with E-state index >= 15 is 0 Å². The molecule has 8 heteroatoms. The van der Waals surface area contributed by atoms with Gasteiger partial charge in [0.2, 0.25) is 0 Å². The van der Waals surface area contributed by atoms with E-state index in [0.717, 1.165) is 83.8 Å². The second kappa shape index (κ2) is 17.0. The Hall–Kier alpha value is -0.610. The van der Waals surface area contributed by atoms with Gasteiger partial charge in [-0.25, -0.2) is 0 Å². The van der Waals surface area contributed by atoms with Crippen LogP contribution in [0.3, 0.4) is 0 Å². The van der Waals surface area contributed by atoms with Crippen LogP contribution in [0.5, 0.6) is 0 Å². The van der Waals surface area contributed by atoms with Gasteiger partial charge in [0.1, 0.15) is 0 Å². The topological polar surface area (TPSA) is 72.4 Å². The number of hydrogen-bond acceptors (Lipinski definition) is 5. The van der Waals surface area contributed by atoms with Crippen molar-refractivity contribution in [2.45, 2.75) is 83.3 Å². The molecule has 0 amide bonds. The van der Waals surface area contributed by atoms with Gasteiger partial charge in [-0.05, 0) is 51.9 Å². The fourth-order valence-electron chi connectivity index (χ4n) is 3.93. The van der Waals surface area contributed by atoms with Gasteiger partial charge in [0, 0.05) is 39.7 Å². The van der Waals surface area contributed by atoms with Gasteiger partial charge in [0.15, 0.2) is 5.96 Å². The van der Waals surface area contributed by atoms with Gasteiger partial charge >= 0.3 is 5.97 Å². The number of piperidine rings is 1. The van der Waals surface area contributed by atoms with Crippen molar-refractivity contribution < 1.29 is 19.0 Å². The minimum Gasteiger partial charge on any atom is -0.466 e. The molecule has 2 fully saturated rings. The molecule has 2 heterocycles. The van der Waals surface area contributed by atoms with E-state index < -0.39 is 0 Å². The van der Waals surface area contributed by atoms with Crippen molar-refractivity contribution in [3.05, 3.63) is 0 Å². The number of aliphatic imine (C=N–C) groups is 1. The summed E-state index contributed by atoms with van der Waals surface area (Å²) in [6.07, 6.45) is 11.0. The van der Waals surface area contributed by atoms with Crippen LogP contribution in [-0.4, -0.2) is 75.5 Å². The van der Waals surface area contributed by atoms with Gasteiger partial charge in [-0.1, -0.05) is 12.8 Å². The number of ether oxygens (including phenoxy) is 3. The van der Waals surface area contributed by atoms with Crippen LogP contribution in [0.1, 0.15) is 71.1 Å². The number of halogens is 1. The summed E-state index contributed by atoms with van der Waals surface area (Å²) in [5.41, 5.74) is 0. The smallest absolute Gasteiger partial charge is 0.305 e. The van der Waals surface area contributed by atoms with E-state index in [1.165, 1.54) is 12.8 Å². The number of rotatable bonds is 11. The lowest BCUT2D eigenvalue weighted by molar-refractivity contribution is -0.143. The quantitative estimate of drug-likeness (QED) is 0.142. The molecule has 0 bridgehead atoms. The maximum absolute atomic E-state index is 11.3. The monoisotopic (exact) mass is 539 g/mol. The third-order valence-electron chi connectivity index (χ3n) is 5.64.